The molecule has 29 heavy (non-hydrogen) atoms. The molecule has 9 heteroatoms. The highest BCUT2D eigenvalue weighted by Gasteiger charge is 2.24. The highest BCUT2D eigenvalue weighted by atomic mass is 19.1. The first kappa shape index (κ1) is 19.0. The highest BCUT2D eigenvalue weighted by molar-refractivity contribution is 5.98. The van der Waals surface area contributed by atoms with Crippen LogP contribution >= 0.6 is 0 Å². The molecule has 0 bridgehead atoms. The van der Waals surface area contributed by atoms with Gasteiger partial charge in [-0.3, -0.25) is 4.79 Å². The van der Waals surface area contributed by atoms with Crippen molar-refractivity contribution in [1.82, 2.24) is 15.0 Å². The lowest BCUT2D eigenvalue weighted by Gasteiger charge is -2.30. The van der Waals surface area contributed by atoms with E-state index in [-0.39, 0.29) is 29.3 Å². The van der Waals surface area contributed by atoms with Gasteiger partial charge in [0.2, 0.25) is 0 Å². The second-order valence-corrected chi connectivity index (χ2v) is 7.18. The molecule has 1 fully saturated rings. The zero-order valence-electron chi connectivity index (χ0n) is 15.7. The number of pyridine rings is 3. The molecule has 1 saturated carbocycles. The number of fused-ring (bicyclic) bond motifs is 1. The number of nitrogens with one attached hydrogen (secondary N) is 2. The van der Waals surface area contributed by atoms with Crippen molar-refractivity contribution in [2.45, 2.75) is 37.8 Å². The lowest BCUT2D eigenvalue weighted by molar-refractivity contribution is 0.100. The van der Waals surface area contributed by atoms with Gasteiger partial charge in [0.1, 0.15) is 5.82 Å². The van der Waals surface area contributed by atoms with Crippen LogP contribution in [-0.2, 0) is 0 Å². The van der Waals surface area contributed by atoms with E-state index in [0.717, 1.165) is 37.1 Å². The molecule has 3 heterocycles. The van der Waals surface area contributed by atoms with Crippen LogP contribution in [-0.4, -0.2) is 32.9 Å². The van der Waals surface area contributed by atoms with Crippen LogP contribution in [0, 0.1) is 5.82 Å². The summed E-state index contributed by atoms with van der Waals surface area (Å²) in [5.41, 5.74) is 12.7. The van der Waals surface area contributed by atoms with Gasteiger partial charge >= 0.3 is 0 Å². The third-order valence-electron chi connectivity index (χ3n) is 5.10. The number of carbonyl (C=O) groups excluding carboxylic acids is 1. The van der Waals surface area contributed by atoms with Gasteiger partial charge in [-0.05, 0) is 37.1 Å². The van der Waals surface area contributed by atoms with Crippen molar-refractivity contribution < 1.29 is 9.18 Å². The Morgan fingerprint density at radius 1 is 1.17 bits per heavy atom. The Kier molecular flexibility index (Phi) is 5.22. The van der Waals surface area contributed by atoms with Crippen LogP contribution in [0.4, 0.5) is 21.7 Å². The molecule has 1 aliphatic carbocycles. The zero-order valence-corrected chi connectivity index (χ0v) is 15.7. The average molecular weight is 395 g/mol. The fourth-order valence-corrected chi connectivity index (χ4v) is 3.56. The predicted molar refractivity (Wildman–Crippen MR) is 109 cm³/mol. The molecule has 4 rings (SSSR count). The number of carbonyl (C=O) groups is 1. The van der Waals surface area contributed by atoms with Gasteiger partial charge < -0.3 is 22.1 Å². The molecule has 0 spiro atoms. The average Bonchev–Trinajstić information content (AvgIpc) is 2.71. The molecule has 0 radical (unpaired) electrons. The molecular formula is C20H22FN7O. The van der Waals surface area contributed by atoms with Crippen LogP contribution < -0.4 is 22.1 Å². The Hall–Kier alpha value is -3.33. The fourth-order valence-electron chi connectivity index (χ4n) is 3.56. The molecule has 0 aromatic carbocycles. The summed E-state index contributed by atoms with van der Waals surface area (Å²) in [5.74, 6) is -1.25. The van der Waals surface area contributed by atoms with E-state index < -0.39 is 11.7 Å². The molecule has 1 amide bonds. The minimum Gasteiger partial charge on any atom is -0.365 e. The fraction of sp³-hybridized carbons (Fsp3) is 0.300. The topological polar surface area (TPSA) is 132 Å². The van der Waals surface area contributed by atoms with E-state index in [9.17, 15) is 9.18 Å². The lowest BCUT2D eigenvalue weighted by Crippen LogP contribution is -2.43. The van der Waals surface area contributed by atoms with Gasteiger partial charge in [0, 0.05) is 23.7 Å². The van der Waals surface area contributed by atoms with E-state index >= 15 is 0 Å². The summed E-state index contributed by atoms with van der Waals surface area (Å²) in [7, 11) is 0. The Morgan fingerprint density at radius 3 is 2.79 bits per heavy atom. The SMILES string of the molecule is NC(=O)c1cc(F)c(NC2CCCC[C@@H]2N)nc1Nc1cnc2ncccc2c1. The minimum absolute atomic E-state index is 0.0373. The van der Waals surface area contributed by atoms with Crippen LogP contribution in [0.1, 0.15) is 36.0 Å². The number of primary amides is 1. The Bertz CT molecular complexity index is 1060. The second-order valence-electron chi connectivity index (χ2n) is 7.18. The zero-order chi connectivity index (χ0) is 20.4. The van der Waals surface area contributed by atoms with E-state index in [0.29, 0.717) is 11.3 Å². The third-order valence-corrected chi connectivity index (χ3v) is 5.10. The lowest BCUT2D eigenvalue weighted by atomic mass is 9.91. The maximum Gasteiger partial charge on any atom is 0.252 e. The van der Waals surface area contributed by atoms with Crippen molar-refractivity contribution in [2.75, 3.05) is 10.6 Å². The monoisotopic (exact) mass is 395 g/mol. The maximum atomic E-state index is 14.6. The Balaban J connectivity index is 1.67. The number of hydrogen-bond donors (Lipinski definition) is 4. The van der Waals surface area contributed by atoms with Gasteiger partial charge in [0.05, 0.1) is 17.4 Å². The van der Waals surface area contributed by atoms with E-state index in [1.807, 2.05) is 12.1 Å². The Labute approximate surface area is 166 Å². The van der Waals surface area contributed by atoms with E-state index in [1.54, 1.807) is 18.5 Å². The molecule has 0 saturated heterocycles. The number of halogens is 1. The summed E-state index contributed by atoms with van der Waals surface area (Å²) in [6, 6.07) is 6.42. The molecule has 3 aromatic heterocycles. The molecule has 8 nitrogen and oxygen atoms in total. The molecular weight excluding hydrogens is 373 g/mol. The summed E-state index contributed by atoms with van der Waals surface area (Å²) in [6.07, 6.45) is 7.02. The van der Waals surface area contributed by atoms with Crippen LogP contribution in [0.2, 0.25) is 0 Å². The van der Waals surface area contributed by atoms with Crippen molar-refractivity contribution in [1.29, 1.82) is 0 Å². The third kappa shape index (κ3) is 4.09. The van der Waals surface area contributed by atoms with Crippen molar-refractivity contribution in [2.24, 2.45) is 11.5 Å². The molecule has 6 N–H and O–H groups in total. The Morgan fingerprint density at radius 2 is 2.00 bits per heavy atom. The van der Waals surface area contributed by atoms with E-state index in [2.05, 4.69) is 25.6 Å². The molecule has 1 aliphatic rings. The first-order chi connectivity index (χ1) is 14.0. The predicted octanol–water partition coefficient (Wildman–Crippen LogP) is 2.69. The molecule has 0 aliphatic heterocycles. The van der Waals surface area contributed by atoms with Crippen LogP contribution in [0.3, 0.4) is 0 Å². The van der Waals surface area contributed by atoms with Crippen molar-refractivity contribution in [3.05, 3.63) is 48.0 Å². The molecule has 2 atom stereocenters. The molecule has 3 aromatic rings. The molecule has 1 unspecified atom stereocenters. The number of rotatable bonds is 5. The van der Waals surface area contributed by atoms with Gasteiger partial charge in [-0.1, -0.05) is 12.8 Å². The molecule has 150 valence electrons. The smallest absolute Gasteiger partial charge is 0.252 e. The first-order valence-corrected chi connectivity index (χ1v) is 9.51. The van der Waals surface area contributed by atoms with E-state index in [4.69, 9.17) is 11.5 Å². The number of nitrogens with zero attached hydrogens (tertiary/aromatic N) is 3. The van der Waals surface area contributed by atoms with Gasteiger partial charge in [-0.15, -0.1) is 0 Å². The van der Waals surface area contributed by atoms with Crippen molar-refractivity contribution in [3.8, 4) is 0 Å². The van der Waals surface area contributed by atoms with Gasteiger partial charge in [-0.2, -0.15) is 0 Å². The van der Waals surface area contributed by atoms with Gasteiger partial charge in [0.15, 0.2) is 17.3 Å². The number of nitrogens with two attached hydrogens (primary N) is 2. The van der Waals surface area contributed by atoms with Crippen molar-refractivity contribution >= 4 is 34.3 Å². The summed E-state index contributed by atoms with van der Waals surface area (Å²) in [6.45, 7) is 0. The quantitative estimate of drug-likeness (QED) is 0.522. The standard InChI is InChI=1S/C20H22FN7O/c21-14-9-13(17(23)29)19(28-20(14)27-16-6-2-1-5-15(16)22)26-12-8-11-4-3-7-24-18(11)25-10-12/h3-4,7-10,15-16H,1-2,5-6,22H2,(H2,23,29)(H2,26,27,28)/t15-,16?/m0/s1. The first-order valence-electron chi connectivity index (χ1n) is 9.51. The van der Waals surface area contributed by atoms with Crippen LogP contribution in [0.25, 0.3) is 11.0 Å². The summed E-state index contributed by atoms with van der Waals surface area (Å²) >= 11 is 0. The number of hydrogen-bond acceptors (Lipinski definition) is 7. The number of anilines is 3. The van der Waals surface area contributed by atoms with Crippen LogP contribution in [0.15, 0.2) is 36.7 Å². The van der Waals surface area contributed by atoms with Gasteiger partial charge in [0.25, 0.3) is 5.91 Å². The number of amides is 1. The largest absolute Gasteiger partial charge is 0.365 e. The summed E-state index contributed by atoms with van der Waals surface area (Å²) in [4.78, 5) is 24.6. The highest BCUT2D eigenvalue weighted by Crippen LogP contribution is 2.27. The number of aromatic nitrogens is 3. The van der Waals surface area contributed by atoms with Gasteiger partial charge in [-0.25, -0.2) is 19.3 Å². The van der Waals surface area contributed by atoms with Crippen LogP contribution in [0.5, 0.6) is 0 Å². The summed E-state index contributed by atoms with van der Waals surface area (Å²) < 4.78 is 14.6. The summed E-state index contributed by atoms with van der Waals surface area (Å²) in [5, 5.41) is 6.93. The van der Waals surface area contributed by atoms with Crippen molar-refractivity contribution in [3.63, 3.8) is 0 Å². The maximum absolute atomic E-state index is 14.6. The minimum atomic E-state index is -0.782. The second kappa shape index (κ2) is 7.96. The normalized spacial score (nSPS) is 19.1. The van der Waals surface area contributed by atoms with E-state index in [1.165, 1.54) is 0 Å².